The summed E-state index contributed by atoms with van der Waals surface area (Å²) in [5, 5.41) is 5.80. The van der Waals surface area contributed by atoms with Gasteiger partial charge in [-0.2, -0.15) is 0 Å². The van der Waals surface area contributed by atoms with Crippen molar-refractivity contribution in [3.8, 4) is 0 Å². The molecule has 1 aromatic carbocycles. The van der Waals surface area contributed by atoms with Crippen LogP contribution in [0.25, 0.3) is 0 Å². The fourth-order valence-electron chi connectivity index (χ4n) is 2.15. The van der Waals surface area contributed by atoms with Gasteiger partial charge in [-0.1, -0.05) is 0 Å². The highest BCUT2D eigenvalue weighted by atomic mass is 16.3. The summed E-state index contributed by atoms with van der Waals surface area (Å²) in [5.41, 5.74) is 1.40. The highest BCUT2D eigenvalue weighted by molar-refractivity contribution is 6.03. The van der Waals surface area contributed by atoms with Crippen LogP contribution in [0.15, 0.2) is 59.5 Å². The summed E-state index contributed by atoms with van der Waals surface area (Å²) < 4.78 is 5.23. The molecule has 0 spiro atoms. The number of nitrogens with zero attached hydrogens (tertiary/aromatic N) is 2. The fraction of sp³-hybridized carbons (Fsp3) is 0.111. The lowest BCUT2D eigenvalue weighted by Crippen LogP contribution is -2.14. The summed E-state index contributed by atoms with van der Waals surface area (Å²) in [4.78, 5) is 31.6. The van der Waals surface area contributed by atoms with E-state index in [1.165, 1.54) is 13.3 Å². The first-order valence-electron chi connectivity index (χ1n) is 7.62. The van der Waals surface area contributed by atoms with Crippen LogP contribution in [0.5, 0.6) is 0 Å². The van der Waals surface area contributed by atoms with Crippen molar-refractivity contribution in [1.29, 1.82) is 0 Å². The van der Waals surface area contributed by atoms with Crippen LogP contribution in [0.3, 0.4) is 0 Å². The van der Waals surface area contributed by atoms with Gasteiger partial charge in [0.05, 0.1) is 12.8 Å². The van der Waals surface area contributed by atoms with Gasteiger partial charge in [0.15, 0.2) is 5.78 Å². The van der Waals surface area contributed by atoms with Crippen LogP contribution in [0, 0.1) is 0 Å². The van der Waals surface area contributed by atoms with E-state index in [-0.39, 0.29) is 17.4 Å². The zero-order valence-electron chi connectivity index (χ0n) is 13.5. The molecule has 0 aliphatic heterocycles. The van der Waals surface area contributed by atoms with E-state index in [1.54, 1.807) is 42.7 Å². The molecule has 0 unspecified atom stereocenters. The third-order valence-corrected chi connectivity index (χ3v) is 3.47. The standard InChI is InChI=1S/C18H16N4O3/c1-12(23)13-4-6-14(7-5-13)22-18(24)16-9-17(21-11-20-16)19-10-15-3-2-8-25-15/h2-9,11H,10H2,1H3,(H,22,24)(H,19,20,21). The number of Topliss-reactive ketones (excluding diaryl/α,β-unsaturated/α-hetero) is 1. The average Bonchev–Trinajstić information content (AvgIpc) is 3.14. The Morgan fingerprint density at radius 3 is 2.60 bits per heavy atom. The second-order valence-corrected chi connectivity index (χ2v) is 5.31. The van der Waals surface area contributed by atoms with Crippen LogP contribution in [-0.2, 0) is 6.54 Å². The molecule has 126 valence electrons. The summed E-state index contributed by atoms with van der Waals surface area (Å²) in [6.45, 7) is 1.95. The minimum absolute atomic E-state index is 0.0269. The molecule has 0 aliphatic carbocycles. The molecule has 1 amide bonds. The predicted octanol–water partition coefficient (Wildman–Crippen LogP) is 3.14. The van der Waals surface area contributed by atoms with Crippen LogP contribution in [-0.4, -0.2) is 21.7 Å². The van der Waals surface area contributed by atoms with E-state index < -0.39 is 0 Å². The smallest absolute Gasteiger partial charge is 0.274 e. The van der Waals surface area contributed by atoms with Crippen molar-refractivity contribution < 1.29 is 14.0 Å². The molecule has 2 N–H and O–H groups in total. The quantitative estimate of drug-likeness (QED) is 0.671. The van der Waals surface area contributed by atoms with Gasteiger partial charge >= 0.3 is 0 Å². The van der Waals surface area contributed by atoms with Crippen molar-refractivity contribution in [2.75, 3.05) is 10.6 Å². The number of carbonyl (C=O) groups is 2. The number of aromatic nitrogens is 2. The number of hydrogen-bond donors (Lipinski definition) is 2. The Kier molecular flexibility index (Phi) is 4.84. The molecule has 0 bridgehead atoms. The van der Waals surface area contributed by atoms with Crippen LogP contribution < -0.4 is 10.6 Å². The second kappa shape index (κ2) is 7.39. The Bertz CT molecular complexity index is 874. The normalized spacial score (nSPS) is 10.3. The molecular formula is C18H16N4O3. The highest BCUT2D eigenvalue weighted by Gasteiger charge is 2.10. The van der Waals surface area contributed by atoms with Gasteiger partial charge in [0.25, 0.3) is 5.91 Å². The van der Waals surface area contributed by atoms with Gasteiger partial charge in [-0.05, 0) is 43.3 Å². The molecule has 3 aromatic rings. The van der Waals surface area contributed by atoms with Gasteiger partial charge in [0.1, 0.15) is 23.6 Å². The van der Waals surface area contributed by atoms with Crippen LogP contribution in [0.1, 0.15) is 33.5 Å². The summed E-state index contributed by atoms with van der Waals surface area (Å²) >= 11 is 0. The summed E-state index contributed by atoms with van der Waals surface area (Å²) in [6.07, 6.45) is 2.91. The van der Waals surface area contributed by atoms with Crippen molar-refractivity contribution in [3.05, 3.63) is 72.1 Å². The molecule has 25 heavy (non-hydrogen) atoms. The number of ketones is 1. The van der Waals surface area contributed by atoms with E-state index in [0.717, 1.165) is 5.76 Å². The third kappa shape index (κ3) is 4.29. The topological polar surface area (TPSA) is 97.1 Å². The monoisotopic (exact) mass is 336 g/mol. The molecular weight excluding hydrogens is 320 g/mol. The maximum absolute atomic E-state index is 12.3. The molecule has 0 aliphatic rings. The summed E-state index contributed by atoms with van der Waals surface area (Å²) in [5.74, 6) is 0.888. The number of rotatable bonds is 6. The number of furan rings is 1. The Labute approximate surface area is 144 Å². The molecule has 2 heterocycles. The molecule has 3 rings (SSSR count). The number of benzene rings is 1. The zero-order valence-corrected chi connectivity index (χ0v) is 13.5. The van der Waals surface area contributed by atoms with Gasteiger partial charge in [-0.3, -0.25) is 9.59 Å². The van der Waals surface area contributed by atoms with E-state index in [2.05, 4.69) is 20.6 Å². The largest absolute Gasteiger partial charge is 0.467 e. The van der Waals surface area contributed by atoms with Crippen molar-refractivity contribution in [1.82, 2.24) is 9.97 Å². The van der Waals surface area contributed by atoms with Crippen LogP contribution >= 0.6 is 0 Å². The number of hydrogen-bond acceptors (Lipinski definition) is 6. The van der Waals surface area contributed by atoms with Crippen molar-refractivity contribution in [2.24, 2.45) is 0 Å². The lowest BCUT2D eigenvalue weighted by molar-refractivity contribution is 0.101. The molecule has 7 nitrogen and oxygen atoms in total. The number of amides is 1. The van der Waals surface area contributed by atoms with E-state index in [4.69, 9.17) is 4.42 Å². The second-order valence-electron chi connectivity index (χ2n) is 5.31. The summed E-state index contributed by atoms with van der Waals surface area (Å²) in [6, 6.07) is 11.9. The van der Waals surface area contributed by atoms with Gasteiger partial charge in [-0.15, -0.1) is 0 Å². The Hall–Kier alpha value is -3.48. The van der Waals surface area contributed by atoms with Gasteiger partial charge in [0.2, 0.25) is 0 Å². The lowest BCUT2D eigenvalue weighted by atomic mass is 10.1. The predicted molar refractivity (Wildman–Crippen MR) is 92.5 cm³/mol. The van der Waals surface area contributed by atoms with Crippen molar-refractivity contribution in [2.45, 2.75) is 13.5 Å². The number of carbonyl (C=O) groups excluding carboxylic acids is 2. The van der Waals surface area contributed by atoms with Gasteiger partial charge in [0, 0.05) is 17.3 Å². The molecule has 0 atom stereocenters. The van der Waals surface area contributed by atoms with Crippen LogP contribution in [0.2, 0.25) is 0 Å². The minimum atomic E-state index is -0.362. The zero-order chi connectivity index (χ0) is 17.6. The summed E-state index contributed by atoms with van der Waals surface area (Å²) in [7, 11) is 0. The maximum atomic E-state index is 12.3. The highest BCUT2D eigenvalue weighted by Crippen LogP contribution is 2.13. The SMILES string of the molecule is CC(=O)c1ccc(NC(=O)c2cc(NCc3ccco3)ncn2)cc1. The van der Waals surface area contributed by atoms with E-state index in [0.29, 0.717) is 23.6 Å². The van der Waals surface area contributed by atoms with Gasteiger partial charge in [-0.25, -0.2) is 9.97 Å². The van der Waals surface area contributed by atoms with Crippen molar-refractivity contribution >= 4 is 23.2 Å². The molecule has 0 fully saturated rings. The average molecular weight is 336 g/mol. The van der Waals surface area contributed by atoms with Crippen LogP contribution in [0.4, 0.5) is 11.5 Å². The Balaban J connectivity index is 1.65. The third-order valence-electron chi connectivity index (χ3n) is 3.47. The number of nitrogens with one attached hydrogen (secondary N) is 2. The van der Waals surface area contributed by atoms with Gasteiger partial charge < -0.3 is 15.1 Å². The van der Waals surface area contributed by atoms with E-state index in [1.807, 2.05) is 6.07 Å². The first-order valence-corrected chi connectivity index (χ1v) is 7.62. The Morgan fingerprint density at radius 1 is 1.12 bits per heavy atom. The molecule has 0 radical (unpaired) electrons. The first-order chi connectivity index (χ1) is 12.1. The molecule has 7 heteroatoms. The molecule has 0 saturated carbocycles. The lowest BCUT2D eigenvalue weighted by Gasteiger charge is -2.07. The Morgan fingerprint density at radius 2 is 1.92 bits per heavy atom. The maximum Gasteiger partial charge on any atom is 0.274 e. The first kappa shape index (κ1) is 16.4. The van der Waals surface area contributed by atoms with E-state index in [9.17, 15) is 9.59 Å². The minimum Gasteiger partial charge on any atom is -0.467 e. The molecule has 2 aromatic heterocycles. The fourth-order valence-corrected chi connectivity index (χ4v) is 2.15. The van der Waals surface area contributed by atoms with Crippen molar-refractivity contribution in [3.63, 3.8) is 0 Å². The molecule has 0 saturated heterocycles. The van der Waals surface area contributed by atoms with E-state index >= 15 is 0 Å². The number of anilines is 2.